The normalized spacial score (nSPS) is 14.9. The van der Waals surface area contributed by atoms with Crippen molar-refractivity contribution in [2.75, 3.05) is 7.11 Å². The Bertz CT molecular complexity index is 1310. The maximum absolute atomic E-state index is 12.3. The smallest absolute Gasteiger partial charge is 0.336 e. The predicted molar refractivity (Wildman–Crippen MR) is 125 cm³/mol. The van der Waals surface area contributed by atoms with Crippen molar-refractivity contribution in [1.82, 2.24) is 0 Å². The fourth-order valence-electron chi connectivity index (χ4n) is 3.55. The Morgan fingerprint density at radius 3 is 2.64 bits per heavy atom. The first kappa shape index (κ1) is 22.0. The zero-order valence-corrected chi connectivity index (χ0v) is 18.4. The SMILES string of the molecule is COc1cccc(C2C(C#N)=C(N)Oc3cc(OC(=O)/C=C/c4ccc(Cl)cc4)ccc32)c1. The van der Waals surface area contributed by atoms with E-state index in [1.54, 1.807) is 55.7 Å². The number of esters is 1. The standard InChI is InChI=1S/C26H19ClN2O4/c1-31-19-4-2-3-17(13-19)25-21-11-10-20(14-23(21)33-26(29)22(25)15-28)32-24(30)12-7-16-5-8-18(27)9-6-16/h2-14,25H,29H2,1H3/b12-7+. The van der Waals surface area contributed by atoms with Gasteiger partial charge in [-0.15, -0.1) is 0 Å². The molecule has 0 radical (unpaired) electrons. The number of allylic oxidation sites excluding steroid dienone is 1. The van der Waals surface area contributed by atoms with E-state index in [9.17, 15) is 10.1 Å². The molecule has 1 aliphatic heterocycles. The molecule has 1 aliphatic rings. The number of rotatable bonds is 5. The van der Waals surface area contributed by atoms with E-state index in [2.05, 4.69) is 6.07 Å². The number of hydrogen-bond acceptors (Lipinski definition) is 6. The Labute approximate surface area is 196 Å². The number of carbonyl (C=O) groups excluding carboxylic acids is 1. The number of benzene rings is 3. The van der Waals surface area contributed by atoms with E-state index in [4.69, 9.17) is 31.5 Å². The molecule has 0 amide bonds. The lowest BCUT2D eigenvalue weighted by atomic mass is 9.83. The monoisotopic (exact) mass is 458 g/mol. The van der Waals surface area contributed by atoms with Gasteiger partial charge in [-0.25, -0.2) is 4.79 Å². The molecule has 0 saturated heterocycles. The van der Waals surface area contributed by atoms with Gasteiger partial charge in [0.2, 0.25) is 5.88 Å². The van der Waals surface area contributed by atoms with Crippen molar-refractivity contribution >= 4 is 23.6 Å². The van der Waals surface area contributed by atoms with Crippen LogP contribution >= 0.6 is 11.6 Å². The average Bonchev–Trinajstić information content (AvgIpc) is 2.82. The van der Waals surface area contributed by atoms with Gasteiger partial charge in [0.15, 0.2) is 0 Å². The summed E-state index contributed by atoms with van der Waals surface area (Å²) in [6.07, 6.45) is 2.96. The van der Waals surface area contributed by atoms with Crippen LogP contribution in [0.1, 0.15) is 22.6 Å². The molecule has 0 aromatic heterocycles. The largest absolute Gasteiger partial charge is 0.497 e. The van der Waals surface area contributed by atoms with Crippen LogP contribution in [-0.4, -0.2) is 13.1 Å². The second-order valence-corrected chi connectivity index (χ2v) is 7.64. The van der Waals surface area contributed by atoms with E-state index in [0.717, 1.165) is 16.7 Å². The number of nitrogens with zero attached hydrogens (tertiary/aromatic N) is 1. The van der Waals surface area contributed by atoms with Crippen molar-refractivity contribution in [1.29, 1.82) is 5.26 Å². The highest BCUT2D eigenvalue weighted by atomic mass is 35.5. The highest BCUT2D eigenvalue weighted by Crippen LogP contribution is 2.43. The summed E-state index contributed by atoms with van der Waals surface area (Å²) in [5.74, 6) is 0.372. The molecule has 6 nitrogen and oxygen atoms in total. The molecule has 2 N–H and O–H groups in total. The van der Waals surface area contributed by atoms with Crippen molar-refractivity contribution in [3.8, 4) is 23.3 Å². The van der Waals surface area contributed by atoms with Gasteiger partial charge in [0, 0.05) is 22.7 Å². The number of halogens is 1. The van der Waals surface area contributed by atoms with Crippen LogP contribution < -0.4 is 19.9 Å². The zero-order chi connectivity index (χ0) is 23.4. The summed E-state index contributed by atoms with van der Waals surface area (Å²) in [6.45, 7) is 0. The Morgan fingerprint density at radius 1 is 1.12 bits per heavy atom. The number of carbonyl (C=O) groups is 1. The van der Waals surface area contributed by atoms with Crippen LogP contribution in [0.5, 0.6) is 17.2 Å². The number of hydrogen-bond donors (Lipinski definition) is 1. The summed E-state index contributed by atoms with van der Waals surface area (Å²) >= 11 is 5.87. The summed E-state index contributed by atoms with van der Waals surface area (Å²) in [7, 11) is 1.58. The average molecular weight is 459 g/mol. The molecule has 1 atom stereocenters. The summed E-state index contributed by atoms with van der Waals surface area (Å²) in [5, 5.41) is 10.3. The van der Waals surface area contributed by atoms with Crippen LogP contribution in [0.15, 0.2) is 84.3 Å². The highest BCUT2D eigenvalue weighted by Gasteiger charge is 2.31. The Hall–Kier alpha value is -4.21. The predicted octanol–water partition coefficient (Wildman–Crippen LogP) is 5.19. The fraction of sp³-hybridized carbons (Fsp3) is 0.0769. The van der Waals surface area contributed by atoms with Crippen LogP contribution in [0.4, 0.5) is 0 Å². The maximum Gasteiger partial charge on any atom is 0.336 e. The quantitative estimate of drug-likeness (QED) is 0.321. The minimum Gasteiger partial charge on any atom is -0.497 e. The van der Waals surface area contributed by atoms with E-state index in [-0.39, 0.29) is 11.6 Å². The third-order valence-corrected chi connectivity index (χ3v) is 5.37. The molecule has 4 rings (SSSR count). The molecule has 7 heteroatoms. The van der Waals surface area contributed by atoms with Gasteiger partial charge < -0.3 is 19.9 Å². The van der Waals surface area contributed by atoms with Gasteiger partial charge in [0.1, 0.15) is 28.9 Å². The van der Waals surface area contributed by atoms with E-state index in [1.807, 2.05) is 24.3 Å². The van der Waals surface area contributed by atoms with Crippen LogP contribution in [0.3, 0.4) is 0 Å². The van der Waals surface area contributed by atoms with Crippen LogP contribution in [0.2, 0.25) is 5.02 Å². The van der Waals surface area contributed by atoms with Crippen molar-refractivity contribution in [3.05, 3.63) is 106 Å². The summed E-state index contributed by atoms with van der Waals surface area (Å²) in [6, 6.07) is 21.6. The molecule has 3 aromatic rings. The molecule has 0 fully saturated rings. The minimum absolute atomic E-state index is 0.00364. The first-order valence-electron chi connectivity index (χ1n) is 9.99. The molecule has 33 heavy (non-hydrogen) atoms. The van der Waals surface area contributed by atoms with Crippen LogP contribution in [0.25, 0.3) is 6.08 Å². The first-order chi connectivity index (χ1) is 16.0. The third-order valence-electron chi connectivity index (χ3n) is 5.12. The summed E-state index contributed by atoms with van der Waals surface area (Å²) in [4.78, 5) is 12.3. The van der Waals surface area contributed by atoms with Crippen molar-refractivity contribution in [3.63, 3.8) is 0 Å². The van der Waals surface area contributed by atoms with Gasteiger partial charge >= 0.3 is 5.97 Å². The fourth-order valence-corrected chi connectivity index (χ4v) is 3.68. The molecule has 0 spiro atoms. The van der Waals surface area contributed by atoms with Gasteiger partial charge in [0.05, 0.1) is 13.0 Å². The maximum atomic E-state index is 12.3. The number of methoxy groups -OCH3 is 1. The number of ether oxygens (including phenoxy) is 3. The number of nitrogens with two attached hydrogens (primary N) is 1. The Morgan fingerprint density at radius 2 is 1.91 bits per heavy atom. The molecule has 0 aliphatic carbocycles. The van der Waals surface area contributed by atoms with Gasteiger partial charge in [-0.1, -0.05) is 41.9 Å². The molecule has 0 saturated carbocycles. The number of fused-ring (bicyclic) bond motifs is 1. The van der Waals surface area contributed by atoms with Crippen LogP contribution in [0, 0.1) is 11.3 Å². The van der Waals surface area contributed by atoms with Gasteiger partial charge in [-0.2, -0.15) is 5.26 Å². The van der Waals surface area contributed by atoms with Crippen molar-refractivity contribution in [2.45, 2.75) is 5.92 Å². The molecule has 3 aromatic carbocycles. The molecule has 164 valence electrons. The topological polar surface area (TPSA) is 94.6 Å². The molecular formula is C26H19ClN2O4. The zero-order valence-electron chi connectivity index (χ0n) is 17.6. The molecule has 1 heterocycles. The second kappa shape index (κ2) is 9.51. The summed E-state index contributed by atoms with van der Waals surface area (Å²) < 4.78 is 16.4. The molecule has 1 unspecified atom stereocenters. The third kappa shape index (κ3) is 4.84. The molecule has 0 bridgehead atoms. The Kier molecular flexibility index (Phi) is 6.34. The van der Waals surface area contributed by atoms with E-state index in [0.29, 0.717) is 22.1 Å². The van der Waals surface area contributed by atoms with E-state index >= 15 is 0 Å². The lowest BCUT2D eigenvalue weighted by Gasteiger charge is -2.26. The van der Waals surface area contributed by atoms with Gasteiger partial charge in [-0.05, 0) is 47.5 Å². The summed E-state index contributed by atoms with van der Waals surface area (Å²) in [5.41, 5.74) is 8.72. The lowest BCUT2D eigenvalue weighted by Crippen LogP contribution is -2.21. The Balaban J connectivity index is 1.60. The van der Waals surface area contributed by atoms with Gasteiger partial charge in [0.25, 0.3) is 0 Å². The van der Waals surface area contributed by atoms with Gasteiger partial charge in [-0.3, -0.25) is 0 Å². The van der Waals surface area contributed by atoms with E-state index < -0.39 is 11.9 Å². The van der Waals surface area contributed by atoms with E-state index in [1.165, 1.54) is 6.08 Å². The first-order valence-corrected chi connectivity index (χ1v) is 10.4. The van der Waals surface area contributed by atoms with Crippen LogP contribution in [-0.2, 0) is 4.79 Å². The minimum atomic E-state index is -0.550. The number of nitriles is 1. The van der Waals surface area contributed by atoms with Crippen molar-refractivity contribution in [2.24, 2.45) is 5.73 Å². The molecular weight excluding hydrogens is 440 g/mol. The highest BCUT2D eigenvalue weighted by molar-refractivity contribution is 6.30. The lowest BCUT2D eigenvalue weighted by molar-refractivity contribution is -0.128. The van der Waals surface area contributed by atoms with Crippen molar-refractivity contribution < 1.29 is 19.0 Å². The second-order valence-electron chi connectivity index (χ2n) is 7.21.